The summed E-state index contributed by atoms with van der Waals surface area (Å²) in [6.45, 7) is 7.48. The fraction of sp³-hybridized carbons (Fsp3) is 0.667. The van der Waals surface area contributed by atoms with E-state index in [4.69, 9.17) is 5.11 Å². The average molecular weight is 255 g/mol. The molecule has 0 fully saturated rings. The molecule has 0 radical (unpaired) electrons. The van der Waals surface area contributed by atoms with Crippen LogP contribution in [0.2, 0.25) is 0 Å². The molecule has 0 amide bonds. The van der Waals surface area contributed by atoms with Gasteiger partial charge in [0.05, 0.1) is 17.5 Å². The van der Waals surface area contributed by atoms with E-state index in [-0.39, 0.29) is 5.56 Å². The minimum absolute atomic E-state index is 0.177. The summed E-state index contributed by atoms with van der Waals surface area (Å²) in [6.07, 6.45) is 1.33. The summed E-state index contributed by atoms with van der Waals surface area (Å²) in [7, 11) is 1.69. The Morgan fingerprint density at radius 1 is 1.44 bits per heavy atom. The second kappa shape index (κ2) is 4.70. The molecule has 0 aliphatic carbocycles. The number of carboxylic acid groups (broad SMARTS) is 1. The number of rotatable bonds is 5. The first-order chi connectivity index (χ1) is 8.06. The highest BCUT2D eigenvalue weighted by Crippen LogP contribution is 2.21. The lowest BCUT2D eigenvalue weighted by Crippen LogP contribution is -2.55. The minimum Gasteiger partial charge on any atom is -0.478 e. The number of hydrogen-bond donors (Lipinski definition) is 3. The highest BCUT2D eigenvalue weighted by molar-refractivity contribution is 5.88. The van der Waals surface area contributed by atoms with Crippen LogP contribution in [0, 0.1) is 0 Å². The first kappa shape index (κ1) is 14.7. The summed E-state index contributed by atoms with van der Waals surface area (Å²) in [6, 6.07) is 0. The van der Waals surface area contributed by atoms with Crippen LogP contribution < -0.4 is 5.32 Å². The largest absolute Gasteiger partial charge is 0.478 e. The molecule has 0 saturated heterocycles. The van der Waals surface area contributed by atoms with Gasteiger partial charge in [-0.25, -0.2) is 4.79 Å². The minimum atomic E-state index is -0.999. The van der Waals surface area contributed by atoms with Gasteiger partial charge in [-0.15, -0.1) is 0 Å². The first-order valence-corrected chi connectivity index (χ1v) is 5.78. The predicted molar refractivity (Wildman–Crippen MR) is 67.4 cm³/mol. The molecular weight excluding hydrogens is 234 g/mol. The molecule has 0 atom stereocenters. The van der Waals surface area contributed by atoms with E-state index < -0.39 is 17.1 Å². The van der Waals surface area contributed by atoms with Crippen LogP contribution in [0.25, 0.3) is 0 Å². The fourth-order valence-corrected chi connectivity index (χ4v) is 1.37. The second-order valence-electron chi connectivity index (χ2n) is 5.47. The van der Waals surface area contributed by atoms with Crippen LogP contribution >= 0.6 is 0 Å². The number of carbonyl (C=O) groups is 1. The highest BCUT2D eigenvalue weighted by atomic mass is 16.4. The van der Waals surface area contributed by atoms with Gasteiger partial charge in [-0.05, 0) is 27.7 Å². The van der Waals surface area contributed by atoms with Crippen molar-refractivity contribution in [2.75, 3.05) is 0 Å². The smallest absolute Gasteiger partial charge is 0.339 e. The van der Waals surface area contributed by atoms with Gasteiger partial charge in [0, 0.05) is 19.1 Å². The maximum Gasteiger partial charge on any atom is 0.339 e. The number of aliphatic hydroxyl groups is 1. The third-order valence-electron chi connectivity index (χ3n) is 3.52. The monoisotopic (exact) mass is 255 g/mol. The van der Waals surface area contributed by atoms with Crippen LogP contribution in [0.4, 0.5) is 0 Å². The zero-order valence-corrected chi connectivity index (χ0v) is 11.5. The topological polar surface area (TPSA) is 87.4 Å². The van der Waals surface area contributed by atoms with Crippen molar-refractivity contribution in [3.05, 3.63) is 17.5 Å². The standard InChI is InChI=1S/C12H21N3O3/c1-11(2,12(3,4)18)13-7-9-8(10(16)17)6-14-15(9)5/h6,13,18H,7H2,1-5H3,(H,16,17). The lowest BCUT2D eigenvalue weighted by atomic mass is 9.86. The van der Waals surface area contributed by atoms with E-state index in [0.717, 1.165) is 0 Å². The molecule has 6 heteroatoms. The molecule has 0 bridgehead atoms. The van der Waals surface area contributed by atoms with Gasteiger partial charge in [-0.3, -0.25) is 4.68 Å². The Kier molecular flexibility index (Phi) is 3.83. The van der Waals surface area contributed by atoms with Crippen LogP contribution in [0.15, 0.2) is 6.20 Å². The number of aromatic carboxylic acids is 1. The molecular formula is C12H21N3O3. The Hall–Kier alpha value is -1.40. The van der Waals surface area contributed by atoms with E-state index in [1.807, 2.05) is 13.8 Å². The van der Waals surface area contributed by atoms with Crippen LogP contribution in [-0.4, -0.2) is 37.1 Å². The lowest BCUT2D eigenvalue weighted by Gasteiger charge is -2.38. The Labute approximate surface area is 107 Å². The number of hydrogen-bond acceptors (Lipinski definition) is 4. The van der Waals surface area contributed by atoms with E-state index in [2.05, 4.69) is 10.4 Å². The first-order valence-electron chi connectivity index (χ1n) is 5.78. The third kappa shape index (κ3) is 2.88. The van der Waals surface area contributed by atoms with Crippen LogP contribution in [0.1, 0.15) is 43.7 Å². The van der Waals surface area contributed by atoms with Crippen molar-refractivity contribution >= 4 is 5.97 Å². The quantitative estimate of drug-likeness (QED) is 0.723. The van der Waals surface area contributed by atoms with Gasteiger partial charge in [0.25, 0.3) is 0 Å². The summed E-state index contributed by atoms with van der Waals surface area (Å²) in [4.78, 5) is 11.0. The maximum atomic E-state index is 11.0. The van der Waals surface area contributed by atoms with Gasteiger partial charge >= 0.3 is 5.97 Å². The molecule has 18 heavy (non-hydrogen) atoms. The molecule has 0 aliphatic rings. The van der Waals surface area contributed by atoms with E-state index in [1.54, 1.807) is 20.9 Å². The number of nitrogens with one attached hydrogen (secondary N) is 1. The number of nitrogens with zero attached hydrogens (tertiary/aromatic N) is 2. The molecule has 6 nitrogen and oxygen atoms in total. The zero-order valence-electron chi connectivity index (χ0n) is 11.5. The van der Waals surface area contributed by atoms with E-state index >= 15 is 0 Å². The van der Waals surface area contributed by atoms with Crippen LogP contribution in [0.3, 0.4) is 0 Å². The lowest BCUT2D eigenvalue weighted by molar-refractivity contribution is -0.00560. The number of carboxylic acids is 1. The molecule has 0 unspecified atom stereocenters. The van der Waals surface area contributed by atoms with Gasteiger partial charge in [0.15, 0.2) is 0 Å². The molecule has 0 aliphatic heterocycles. The van der Waals surface area contributed by atoms with Gasteiger partial charge < -0.3 is 15.5 Å². The third-order valence-corrected chi connectivity index (χ3v) is 3.52. The van der Waals surface area contributed by atoms with Gasteiger partial charge in [-0.1, -0.05) is 0 Å². The number of aromatic nitrogens is 2. The molecule has 1 aromatic rings. The Bertz CT molecular complexity index is 444. The second-order valence-corrected chi connectivity index (χ2v) is 5.47. The molecule has 102 valence electrons. The van der Waals surface area contributed by atoms with Crippen molar-refractivity contribution in [2.45, 2.75) is 45.4 Å². The van der Waals surface area contributed by atoms with E-state index in [0.29, 0.717) is 12.2 Å². The molecule has 1 heterocycles. The maximum absolute atomic E-state index is 11.0. The van der Waals surface area contributed by atoms with E-state index in [1.165, 1.54) is 10.9 Å². The fourth-order valence-electron chi connectivity index (χ4n) is 1.37. The molecule has 0 spiro atoms. The summed E-state index contributed by atoms with van der Waals surface area (Å²) >= 11 is 0. The van der Waals surface area contributed by atoms with Gasteiger partial charge in [0.1, 0.15) is 5.56 Å². The van der Waals surface area contributed by atoms with Crippen LogP contribution in [0.5, 0.6) is 0 Å². The van der Waals surface area contributed by atoms with E-state index in [9.17, 15) is 9.90 Å². The predicted octanol–water partition coefficient (Wildman–Crippen LogP) is 0.757. The average Bonchev–Trinajstić information content (AvgIpc) is 2.55. The van der Waals surface area contributed by atoms with Crippen molar-refractivity contribution in [3.8, 4) is 0 Å². The van der Waals surface area contributed by atoms with Gasteiger partial charge in [-0.2, -0.15) is 5.10 Å². The molecule has 3 N–H and O–H groups in total. The summed E-state index contributed by atoms with van der Waals surface area (Å²) in [5, 5.41) is 26.2. The zero-order chi connectivity index (χ0) is 14.1. The summed E-state index contributed by atoms with van der Waals surface area (Å²) in [5.74, 6) is -0.999. The Morgan fingerprint density at radius 3 is 2.44 bits per heavy atom. The molecule has 0 saturated carbocycles. The summed E-state index contributed by atoms with van der Waals surface area (Å²) < 4.78 is 1.52. The van der Waals surface area contributed by atoms with Crippen molar-refractivity contribution in [3.63, 3.8) is 0 Å². The molecule has 1 rings (SSSR count). The van der Waals surface area contributed by atoms with Crippen molar-refractivity contribution < 1.29 is 15.0 Å². The Balaban J connectivity index is 2.87. The molecule has 0 aromatic carbocycles. The number of aryl methyl sites for hydroxylation is 1. The SMILES string of the molecule is Cn1ncc(C(=O)O)c1CNC(C)(C)C(C)(C)O. The van der Waals surface area contributed by atoms with Crippen molar-refractivity contribution in [1.82, 2.24) is 15.1 Å². The van der Waals surface area contributed by atoms with Crippen molar-refractivity contribution in [2.24, 2.45) is 7.05 Å². The summed E-state index contributed by atoms with van der Waals surface area (Å²) in [5.41, 5.74) is -0.710. The molecule has 1 aromatic heterocycles. The highest BCUT2D eigenvalue weighted by Gasteiger charge is 2.34. The van der Waals surface area contributed by atoms with Gasteiger partial charge in [0.2, 0.25) is 0 Å². The normalized spacial score (nSPS) is 12.8. The van der Waals surface area contributed by atoms with Crippen molar-refractivity contribution in [1.29, 1.82) is 0 Å². The Morgan fingerprint density at radius 2 is 2.00 bits per heavy atom. The van der Waals surface area contributed by atoms with Crippen LogP contribution in [-0.2, 0) is 13.6 Å².